The molecule has 0 aliphatic carbocycles. The minimum Gasteiger partial charge on any atom is -0.379 e. The molecule has 166 valence electrons. The van der Waals surface area contributed by atoms with Gasteiger partial charge < -0.3 is 4.74 Å². The number of para-hydroxylation sites is 2. The molecule has 1 saturated heterocycles. The Labute approximate surface area is 194 Å². The lowest BCUT2D eigenvalue weighted by Crippen LogP contribution is -2.40. The summed E-state index contributed by atoms with van der Waals surface area (Å²) in [5, 5.41) is 9.60. The first-order valence-electron chi connectivity index (χ1n) is 10.6. The third kappa shape index (κ3) is 4.47. The monoisotopic (exact) mass is 470 g/mol. The van der Waals surface area contributed by atoms with E-state index in [1.54, 1.807) is 9.58 Å². The van der Waals surface area contributed by atoms with E-state index in [4.69, 9.17) is 21.3 Å². The van der Waals surface area contributed by atoms with Crippen LogP contribution in [0.2, 0.25) is 5.02 Å². The van der Waals surface area contributed by atoms with Crippen molar-refractivity contribution in [3.63, 3.8) is 0 Å². The van der Waals surface area contributed by atoms with E-state index in [0.29, 0.717) is 16.7 Å². The quantitative estimate of drug-likeness (QED) is 0.412. The number of carbonyl (C=O) groups excluding carboxylic acids is 1. The van der Waals surface area contributed by atoms with Gasteiger partial charge in [0, 0.05) is 26.2 Å². The van der Waals surface area contributed by atoms with Crippen LogP contribution < -0.4 is 4.90 Å². The molecule has 3 heterocycles. The molecule has 0 unspecified atom stereocenters. The molecule has 2 aromatic carbocycles. The Morgan fingerprint density at radius 2 is 2.00 bits per heavy atom. The van der Waals surface area contributed by atoms with E-state index in [1.807, 2.05) is 42.5 Å². The van der Waals surface area contributed by atoms with Crippen molar-refractivity contribution in [3.05, 3.63) is 47.5 Å². The molecule has 0 bridgehead atoms. The minimum atomic E-state index is -0.0715. The Hall–Kier alpha value is -2.59. The fourth-order valence-corrected chi connectivity index (χ4v) is 5.18. The molecule has 1 aliphatic rings. The number of ether oxygens (including phenoxy) is 1. The summed E-state index contributed by atoms with van der Waals surface area (Å²) in [5.74, 6) is -0.0715. The highest BCUT2D eigenvalue weighted by molar-refractivity contribution is 7.22. The van der Waals surface area contributed by atoms with Crippen LogP contribution in [0.25, 0.3) is 21.3 Å². The Balaban J connectivity index is 1.38. The number of anilines is 1. The Morgan fingerprint density at radius 3 is 2.84 bits per heavy atom. The van der Waals surface area contributed by atoms with E-state index >= 15 is 0 Å². The average molecular weight is 471 g/mol. The van der Waals surface area contributed by atoms with Gasteiger partial charge in [-0.25, -0.2) is 9.67 Å². The molecular formula is C22H23ClN6O2S. The molecule has 0 radical (unpaired) electrons. The first-order chi connectivity index (χ1) is 15.7. The van der Waals surface area contributed by atoms with Crippen molar-refractivity contribution >= 4 is 55.2 Å². The predicted molar refractivity (Wildman–Crippen MR) is 126 cm³/mol. The predicted octanol–water partition coefficient (Wildman–Crippen LogP) is 3.45. The first kappa shape index (κ1) is 21.3. The van der Waals surface area contributed by atoms with Gasteiger partial charge in [0.05, 0.1) is 28.5 Å². The summed E-state index contributed by atoms with van der Waals surface area (Å²) < 4.78 is 8.04. The SMILES string of the molecule is O=C(Cn1nnc2ccccc21)N(CCCN1CCOCC1)c1nc2c(Cl)cccc2s1. The zero-order valence-corrected chi connectivity index (χ0v) is 19.1. The number of nitrogens with zero attached hydrogens (tertiary/aromatic N) is 6. The topological polar surface area (TPSA) is 76.4 Å². The number of benzene rings is 2. The fourth-order valence-electron chi connectivity index (χ4n) is 3.87. The zero-order valence-electron chi connectivity index (χ0n) is 17.5. The molecule has 0 saturated carbocycles. The highest BCUT2D eigenvalue weighted by atomic mass is 35.5. The summed E-state index contributed by atoms with van der Waals surface area (Å²) in [5.41, 5.74) is 2.33. The maximum absolute atomic E-state index is 13.4. The molecule has 4 aromatic rings. The lowest BCUT2D eigenvalue weighted by atomic mass is 10.3. The maximum Gasteiger partial charge on any atom is 0.250 e. The van der Waals surface area contributed by atoms with Crippen LogP contribution in [0.1, 0.15) is 6.42 Å². The highest BCUT2D eigenvalue weighted by Crippen LogP contribution is 2.33. The molecule has 10 heteroatoms. The van der Waals surface area contributed by atoms with Crippen LogP contribution >= 0.6 is 22.9 Å². The van der Waals surface area contributed by atoms with Gasteiger partial charge in [-0.3, -0.25) is 14.6 Å². The number of morpholine rings is 1. The number of rotatable bonds is 7. The number of amides is 1. The molecule has 5 rings (SSSR count). The van der Waals surface area contributed by atoms with Crippen molar-refractivity contribution in [2.45, 2.75) is 13.0 Å². The molecule has 2 aromatic heterocycles. The van der Waals surface area contributed by atoms with Crippen molar-refractivity contribution in [2.24, 2.45) is 0 Å². The smallest absolute Gasteiger partial charge is 0.250 e. The van der Waals surface area contributed by atoms with Crippen molar-refractivity contribution in [1.82, 2.24) is 24.9 Å². The van der Waals surface area contributed by atoms with Crippen LogP contribution in [0.15, 0.2) is 42.5 Å². The third-order valence-electron chi connectivity index (χ3n) is 5.56. The normalized spacial score (nSPS) is 14.9. The van der Waals surface area contributed by atoms with E-state index in [2.05, 4.69) is 15.2 Å². The third-order valence-corrected chi connectivity index (χ3v) is 6.90. The van der Waals surface area contributed by atoms with Gasteiger partial charge in [0.2, 0.25) is 0 Å². The summed E-state index contributed by atoms with van der Waals surface area (Å²) >= 11 is 7.82. The van der Waals surface area contributed by atoms with E-state index in [1.165, 1.54) is 11.3 Å². The molecule has 0 spiro atoms. The standard InChI is InChI=1S/C22H23ClN6O2S/c23-16-5-3-8-19-21(16)24-22(32-19)28(10-4-9-27-11-13-31-14-12-27)20(30)15-29-18-7-2-1-6-17(18)25-26-29/h1-3,5-8H,4,9-15H2. The van der Waals surface area contributed by atoms with E-state index in [-0.39, 0.29) is 12.5 Å². The average Bonchev–Trinajstić information content (AvgIpc) is 3.43. The molecular weight excluding hydrogens is 448 g/mol. The zero-order chi connectivity index (χ0) is 21.9. The van der Waals surface area contributed by atoms with Crippen LogP contribution in [0.5, 0.6) is 0 Å². The van der Waals surface area contributed by atoms with E-state index in [9.17, 15) is 4.79 Å². The summed E-state index contributed by atoms with van der Waals surface area (Å²) in [4.78, 5) is 22.3. The van der Waals surface area contributed by atoms with Gasteiger partial charge in [0.15, 0.2) is 5.13 Å². The Kier molecular flexibility index (Phi) is 6.31. The van der Waals surface area contributed by atoms with Crippen molar-refractivity contribution < 1.29 is 9.53 Å². The number of hydrogen-bond donors (Lipinski definition) is 0. The minimum absolute atomic E-state index is 0.0715. The Morgan fingerprint density at radius 1 is 1.16 bits per heavy atom. The summed E-state index contributed by atoms with van der Waals surface area (Å²) in [6.07, 6.45) is 0.841. The second-order valence-electron chi connectivity index (χ2n) is 7.67. The first-order valence-corrected chi connectivity index (χ1v) is 11.8. The van der Waals surface area contributed by atoms with Gasteiger partial charge in [-0.05, 0) is 30.7 Å². The number of hydrogen-bond acceptors (Lipinski definition) is 7. The summed E-state index contributed by atoms with van der Waals surface area (Å²) in [6.45, 7) is 4.95. The molecule has 32 heavy (non-hydrogen) atoms. The van der Waals surface area contributed by atoms with Gasteiger partial charge in [0.25, 0.3) is 5.91 Å². The van der Waals surface area contributed by atoms with Gasteiger partial charge in [0.1, 0.15) is 17.6 Å². The molecule has 0 atom stereocenters. The Bertz CT molecular complexity index is 1240. The molecule has 1 aliphatic heterocycles. The van der Waals surface area contributed by atoms with E-state index < -0.39 is 0 Å². The molecule has 1 amide bonds. The number of aromatic nitrogens is 4. The lowest BCUT2D eigenvalue weighted by molar-refractivity contribution is -0.119. The molecule has 1 fully saturated rings. The number of thiazole rings is 1. The van der Waals surface area contributed by atoms with E-state index in [0.717, 1.165) is 60.5 Å². The second kappa shape index (κ2) is 9.50. The summed E-state index contributed by atoms with van der Waals surface area (Å²) in [6, 6.07) is 13.3. The van der Waals surface area contributed by atoms with Crippen LogP contribution in [-0.4, -0.2) is 70.2 Å². The largest absolute Gasteiger partial charge is 0.379 e. The van der Waals surface area contributed by atoms with Crippen molar-refractivity contribution in [3.8, 4) is 0 Å². The number of fused-ring (bicyclic) bond motifs is 2. The summed E-state index contributed by atoms with van der Waals surface area (Å²) in [7, 11) is 0. The highest BCUT2D eigenvalue weighted by Gasteiger charge is 2.22. The number of carbonyl (C=O) groups is 1. The molecule has 0 N–H and O–H groups in total. The molecule has 8 nitrogen and oxygen atoms in total. The van der Waals surface area contributed by atoms with Crippen LogP contribution in [0.4, 0.5) is 5.13 Å². The van der Waals surface area contributed by atoms with Gasteiger partial charge in [-0.15, -0.1) is 5.10 Å². The van der Waals surface area contributed by atoms with Crippen molar-refractivity contribution in [1.29, 1.82) is 0 Å². The van der Waals surface area contributed by atoms with Gasteiger partial charge in [-0.2, -0.15) is 0 Å². The van der Waals surface area contributed by atoms with Gasteiger partial charge >= 0.3 is 0 Å². The fraction of sp³-hybridized carbons (Fsp3) is 0.364. The number of halogens is 1. The lowest BCUT2D eigenvalue weighted by Gasteiger charge is -2.27. The second-order valence-corrected chi connectivity index (χ2v) is 9.09. The maximum atomic E-state index is 13.4. The van der Waals surface area contributed by atoms with Crippen LogP contribution in [0, 0.1) is 0 Å². The van der Waals surface area contributed by atoms with Crippen LogP contribution in [0.3, 0.4) is 0 Å². The van der Waals surface area contributed by atoms with Crippen LogP contribution in [-0.2, 0) is 16.1 Å². The van der Waals surface area contributed by atoms with Crippen molar-refractivity contribution in [2.75, 3.05) is 44.3 Å². The van der Waals surface area contributed by atoms with Gasteiger partial charge in [-0.1, -0.05) is 46.4 Å².